The topological polar surface area (TPSA) is 210 Å². The van der Waals surface area contributed by atoms with Gasteiger partial charge in [-0.1, -0.05) is 18.2 Å². The molecule has 14 heteroatoms. The molecule has 0 aliphatic heterocycles. The summed E-state index contributed by atoms with van der Waals surface area (Å²) in [5.74, 6) is -8.22. The first-order valence-corrected chi connectivity index (χ1v) is 11.8. The number of hydrogen-bond acceptors (Lipinski definition) is 8. The van der Waals surface area contributed by atoms with Crippen LogP contribution in [0.15, 0.2) is 72.8 Å². The third kappa shape index (κ3) is 7.06. The van der Waals surface area contributed by atoms with Gasteiger partial charge in [-0.05, 0) is 54.1 Å². The van der Waals surface area contributed by atoms with Crippen molar-refractivity contribution < 1.29 is 38.0 Å². The minimum Gasteiger partial charge on any atom is -0.504 e. The number of phenols is 1. The zero-order chi connectivity index (χ0) is 30.4. The Balaban J connectivity index is 1.80. The van der Waals surface area contributed by atoms with E-state index in [-0.39, 0.29) is 34.6 Å². The highest BCUT2D eigenvalue weighted by Gasteiger charge is 2.27. The van der Waals surface area contributed by atoms with Crippen LogP contribution in [0.1, 0.15) is 11.1 Å². The van der Waals surface area contributed by atoms with Crippen molar-refractivity contribution >= 4 is 29.5 Å². The van der Waals surface area contributed by atoms with E-state index in [9.17, 15) is 9.90 Å². The zero-order valence-electron chi connectivity index (χ0n) is 21.4. The molecule has 12 nitrogen and oxygen atoms in total. The van der Waals surface area contributed by atoms with Crippen molar-refractivity contribution in [1.82, 2.24) is 4.98 Å². The maximum absolute atomic E-state index is 15.7. The number of anilines is 1. The Kier molecular flexibility index (Phi) is 8.46. The molecule has 0 atom stereocenters. The van der Waals surface area contributed by atoms with Gasteiger partial charge in [-0.25, -0.2) is 4.79 Å². The summed E-state index contributed by atoms with van der Waals surface area (Å²) in [7, 11) is 0. The first-order valence-electron chi connectivity index (χ1n) is 11.8. The van der Waals surface area contributed by atoms with Crippen molar-refractivity contribution in [1.29, 1.82) is 10.8 Å². The number of nitrogens with zero attached hydrogens (tertiary/aromatic N) is 1. The van der Waals surface area contributed by atoms with Crippen molar-refractivity contribution in [3.8, 4) is 40.5 Å². The van der Waals surface area contributed by atoms with Crippen molar-refractivity contribution in [3.05, 3.63) is 95.6 Å². The van der Waals surface area contributed by atoms with Gasteiger partial charge in [0.15, 0.2) is 17.5 Å². The van der Waals surface area contributed by atoms with Gasteiger partial charge in [0.1, 0.15) is 17.3 Å². The van der Waals surface area contributed by atoms with E-state index >= 15 is 8.78 Å². The first-order chi connectivity index (χ1) is 20.0. The van der Waals surface area contributed by atoms with E-state index in [0.717, 1.165) is 18.2 Å². The maximum Gasteiger partial charge on any atom is 0.328 e. The highest BCUT2D eigenvalue weighted by molar-refractivity contribution is 5.95. The Bertz CT molecular complexity index is 1730. The van der Waals surface area contributed by atoms with E-state index in [1.54, 1.807) is 12.1 Å². The van der Waals surface area contributed by atoms with E-state index < -0.39 is 40.9 Å². The van der Waals surface area contributed by atoms with Crippen molar-refractivity contribution in [2.75, 3.05) is 5.32 Å². The number of nitrogens with one attached hydrogen (secondary N) is 3. The Morgan fingerprint density at radius 1 is 0.905 bits per heavy atom. The normalized spacial score (nSPS) is 10.7. The van der Waals surface area contributed by atoms with Gasteiger partial charge in [-0.3, -0.25) is 10.8 Å². The SMILES string of the molecule is N=C(N)Nc1cccc(Oc2nc(Oc3cc(C(=N)N)ccc3O)c(F)c(Oc3cccc(/C=C/C(=O)O)c3)c2F)c1. The second kappa shape index (κ2) is 12.3. The number of carboxylic acid groups (broad SMARTS) is 1. The number of carbonyl (C=O) groups is 1. The second-order valence-corrected chi connectivity index (χ2v) is 8.39. The van der Waals surface area contributed by atoms with Crippen LogP contribution in [-0.2, 0) is 4.79 Å². The third-order valence-corrected chi connectivity index (χ3v) is 5.28. The first kappa shape index (κ1) is 28.8. The van der Waals surface area contributed by atoms with Gasteiger partial charge >= 0.3 is 5.97 Å². The molecule has 0 spiro atoms. The van der Waals surface area contributed by atoms with Gasteiger partial charge in [0.25, 0.3) is 11.8 Å². The molecule has 0 amide bonds. The van der Waals surface area contributed by atoms with Crippen molar-refractivity contribution in [2.24, 2.45) is 11.5 Å². The molecule has 0 aliphatic rings. The molecular formula is C28H22F2N6O6. The number of benzene rings is 3. The smallest absolute Gasteiger partial charge is 0.328 e. The Hall–Kier alpha value is -6.18. The van der Waals surface area contributed by atoms with Gasteiger partial charge in [-0.2, -0.15) is 13.8 Å². The van der Waals surface area contributed by atoms with Crippen LogP contribution in [0.3, 0.4) is 0 Å². The van der Waals surface area contributed by atoms with Crippen LogP contribution in [0.25, 0.3) is 6.08 Å². The molecule has 3 aromatic carbocycles. The number of guanidine groups is 1. The molecule has 4 rings (SSSR count). The largest absolute Gasteiger partial charge is 0.504 e. The summed E-state index contributed by atoms with van der Waals surface area (Å²) in [4.78, 5) is 14.7. The predicted molar refractivity (Wildman–Crippen MR) is 149 cm³/mol. The van der Waals surface area contributed by atoms with Gasteiger partial charge < -0.3 is 41.2 Å². The van der Waals surface area contributed by atoms with Crippen LogP contribution >= 0.6 is 0 Å². The fraction of sp³-hybridized carbons (Fsp3) is 0. The van der Waals surface area contributed by atoms with Gasteiger partial charge in [0.2, 0.25) is 17.4 Å². The minimum atomic E-state index is -1.41. The molecule has 0 radical (unpaired) electrons. The van der Waals surface area contributed by atoms with E-state index in [0.29, 0.717) is 11.3 Å². The molecule has 0 fully saturated rings. The quantitative estimate of drug-likeness (QED) is 0.0751. The fourth-order valence-corrected chi connectivity index (χ4v) is 3.44. The van der Waals surface area contributed by atoms with Crippen LogP contribution < -0.4 is 31.0 Å². The third-order valence-electron chi connectivity index (χ3n) is 5.28. The number of aliphatic carboxylic acids is 1. The molecule has 9 N–H and O–H groups in total. The van der Waals surface area contributed by atoms with Crippen LogP contribution in [0.4, 0.5) is 14.5 Å². The summed E-state index contributed by atoms with van der Waals surface area (Å²) < 4.78 is 47.9. The molecule has 0 aliphatic carbocycles. The van der Waals surface area contributed by atoms with E-state index in [1.807, 2.05) is 0 Å². The van der Waals surface area contributed by atoms with Crippen molar-refractivity contribution in [3.63, 3.8) is 0 Å². The van der Waals surface area contributed by atoms with Gasteiger partial charge in [-0.15, -0.1) is 0 Å². The number of hydrogen-bond donors (Lipinski definition) is 7. The number of pyridine rings is 1. The summed E-state index contributed by atoms with van der Waals surface area (Å²) in [5, 5.41) is 36.6. The molecule has 0 unspecified atom stereocenters. The summed E-state index contributed by atoms with van der Waals surface area (Å²) >= 11 is 0. The van der Waals surface area contributed by atoms with E-state index in [4.69, 9.17) is 41.6 Å². The van der Waals surface area contributed by atoms with Gasteiger partial charge in [0.05, 0.1) is 0 Å². The van der Waals surface area contributed by atoms with Crippen molar-refractivity contribution in [2.45, 2.75) is 0 Å². The van der Waals surface area contributed by atoms with E-state index in [2.05, 4.69) is 10.3 Å². The van der Waals surface area contributed by atoms with E-state index in [1.165, 1.54) is 48.5 Å². The summed E-state index contributed by atoms with van der Waals surface area (Å²) in [6.45, 7) is 0. The Morgan fingerprint density at radius 2 is 1.57 bits per heavy atom. The molecule has 0 saturated heterocycles. The zero-order valence-corrected chi connectivity index (χ0v) is 21.4. The van der Waals surface area contributed by atoms with Crippen LogP contribution in [0.2, 0.25) is 0 Å². The molecular weight excluding hydrogens is 554 g/mol. The number of phenolic OH excluding ortho intramolecular Hbond substituents is 1. The van der Waals surface area contributed by atoms with Crippen LogP contribution in [0.5, 0.6) is 40.5 Å². The van der Waals surface area contributed by atoms with Crippen LogP contribution in [-0.4, -0.2) is 33.0 Å². The van der Waals surface area contributed by atoms with Gasteiger partial charge in [0, 0.05) is 23.4 Å². The number of amidine groups is 1. The number of nitrogens with two attached hydrogens (primary N) is 2. The lowest BCUT2D eigenvalue weighted by Gasteiger charge is -2.16. The number of rotatable bonds is 10. The molecule has 214 valence electrons. The number of ether oxygens (including phenoxy) is 3. The lowest BCUT2D eigenvalue weighted by molar-refractivity contribution is -0.131. The molecule has 0 bridgehead atoms. The number of aromatic hydroxyl groups is 1. The maximum atomic E-state index is 15.7. The molecule has 1 aromatic heterocycles. The summed E-state index contributed by atoms with van der Waals surface area (Å²) in [6, 6.07) is 15.2. The molecule has 1 heterocycles. The van der Waals surface area contributed by atoms with Crippen LogP contribution in [0, 0.1) is 22.5 Å². The molecule has 4 aromatic rings. The number of nitrogen functional groups attached to an aromatic ring is 1. The number of halogens is 2. The number of carboxylic acids is 1. The average Bonchev–Trinajstić information content (AvgIpc) is 2.93. The fourth-order valence-electron chi connectivity index (χ4n) is 3.44. The second-order valence-electron chi connectivity index (χ2n) is 8.39. The lowest BCUT2D eigenvalue weighted by Crippen LogP contribution is -2.20. The Labute approximate surface area is 236 Å². The summed E-state index contributed by atoms with van der Waals surface area (Å²) in [6.07, 6.45) is 2.13. The summed E-state index contributed by atoms with van der Waals surface area (Å²) in [5.41, 5.74) is 11.7. The predicted octanol–water partition coefficient (Wildman–Crippen LogP) is 5.13. The minimum absolute atomic E-state index is 0.0124. The highest BCUT2D eigenvalue weighted by Crippen LogP contribution is 2.41. The average molecular weight is 577 g/mol. The standard InChI is InChI=1S/C28H22F2N6O6/c29-22-24(40-17-5-1-3-14(11-17)7-10-21(38)39)23(30)27(42-20-12-15(25(31)32)8-9-19(20)37)36-26(22)41-18-6-2-4-16(13-18)35-28(33)34/h1-13,37H,(H3,31,32)(H,38,39)(H4,33,34,35)/b10-7+. The highest BCUT2D eigenvalue weighted by atomic mass is 19.1. The molecule has 0 saturated carbocycles. The number of aromatic nitrogens is 1. The molecule has 42 heavy (non-hydrogen) atoms. The lowest BCUT2D eigenvalue weighted by atomic mass is 10.2. The Morgan fingerprint density at radius 3 is 2.24 bits per heavy atom. The monoisotopic (exact) mass is 576 g/mol.